The summed E-state index contributed by atoms with van der Waals surface area (Å²) < 4.78 is 0. The van der Waals surface area contributed by atoms with Gasteiger partial charge < -0.3 is 0 Å². The van der Waals surface area contributed by atoms with Crippen molar-refractivity contribution in [2.75, 3.05) is 0 Å². The van der Waals surface area contributed by atoms with Gasteiger partial charge in [0.05, 0.1) is 0 Å². The summed E-state index contributed by atoms with van der Waals surface area (Å²) in [6.07, 6.45) is 3.02. The third kappa shape index (κ3) is 0.573. The van der Waals surface area contributed by atoms with Crippen molar-refractivity contribution in [1.82, 2.24) is 0 Å². The predicted octanol–water partition coefficient (Wildman–Crippen LogP) is 4.74. The molecule has 0 aromatic heterocycles. The zero-order valence-electron chi connectivity index (χ0n) is 12.6. The maximum atomic E-state index is 2.65. The SMILES string of the molecule is CC1C2CC3C4(C)CC(C)(C13C)C(C)(C)C24C. The van der Waals surface area contributed by atoms with Crippen LogP contribution in [0.25, 0.3) is 0 Å². The van der Waals surface area contributed by atoms with Crippen LogP contribution in [0.3, 0.4) is 0 Å². The van der Waals surface area contributed by atoms with Gasteiger partial charge in [-0.05, 0) is 57.7 Å². The third-order valence-electron chi connectivity index (χ3n) is 10.0. The van der Waals surface area contributed by atoms with Crippen molar-refractivity contribution in [2.24, 2.45) is 44.8 Å². The first-order valence-electron chi connectivity index (χ1n) is 7.59. The van der Waals surface area contributed by atoms with Crippen molar-refractivity contribution in [3.05, 3.63) is 0 Å². The molecule has 17 heavy (non-hydrogen) atoms. The molecule has 7 unspecified atom stereocenters. The molecule has 0 aromatic rings. The van der Waals surface area contributed by atoms with Gasteiger partial charge in [0.1, 0.15) is 0 Å². The number of fused-ring (bicyclic) bond motifs is 4. The molecule has 4 rings (SSSR count). The fourth-order valence-electron chi connectivity index (χ4n) is 8.64. The van der Waals surface area contributed by atoms with E-state index in [-0.39, 0.29) is 0 Å². The lowest BCUT2D eigenvalue weighted by Gasteiger charge is -2.69. The lowest BCUT2D eigenvalue weighted by molar-refractivity contribution is -0.221. The van der Waals surface area contributed by atoms with Crippen molar-refractivity contribution >= 4 is 0 Å². The molecule has 0 aliphatic heterocycles. The summed E-state index contributed by atoms with van der Waals surface area (Å²) in [6.45, 7) is 18.3. The van der Waals surface area contributed by atoms with E-state index in [0.717, 1.165) is 17.8 Å². The zero-order valence-corrected chi connectivity index (χ0v) is 12.6. The summed E-state index contributed by atoms with van der Waals surface area (Å²) in [4.78, 5) is 0. The smallest absolute Gasteiger partial charge is 0.0181 e. The van der Waals surface area contributed by atoms with Gasteiger partial charge in [0.15, 0.2) is 0 Å². The third-order valence-corrected chi connectivity index (χ3v) is 10.0. The maximum absolute atomic E-state index is 2.65. The Morgan fingerprint density at radius 1 is 0.941 bits per heavy atom. The Morgan fingerprint density at radius 2 is 1.53 bits per heavy atom. The van der Waals surface area contributed by atoms with Crippen LogP contribution in [-0.4, -0.2) is 0 Å². The minimum absolute atomic E-state index is 0.522. The van der Waals surface area contributed by atoms with E-state index in [1.165, 1.54) is 12.8 Å². The molecule has 0 N–H and O–H groups in total. The summed E-state index contributed by atoms with van der Waals surface area (Å²) >= 11 is 0. The molecule has 0 amide bonds. The summed E-state index contributed by atoms with van der Waals surface area (Å²) in [7, 11) is 0. The molecule has 0 aromatic carbocycles. The van der Waals surface area contributed by atoms with Gasteiger partial charge in [0.2, 0.25) is 0 Å². The van der Waals surface area contributed by atoms with E-state index in [9.17, 15) is 0 Å². The van der Waals surface area contributed by atoms with Crippen molar-refractivity contribution in [3.8, 4) is 0 Å². The molecule has 96 valence electrons. The number of hydrogen-bond acceptors (Lipinski definition) is 0. The van der Waals surface area contributed by atoms with E-state index in [0.29, 0.717) is 27.1 Å². The van der Waals surface area contributed by atoms with Crippen LogP contribution < -0.4 is 0 Å². The lowest BCUT2D eigenvalue weighted by Crippen LogP contribution is -2.64. The average molecular weight is 232 g/mol. The summed E-state index contributed by atoms with van der Waals surface area (Å²) in [5, 5.41) is 0. The fourth-order valence-corrected chi connectivity index (χ4v) is 8.64. The van der Waals surface area contributed by atoms with Gasteiger partial charge in [0, 0.05) is 0 Å². The van der Waals surface area contributed by atoms with Crippen LogP contribution in [0, 0.1) is 44.8 Å². The van der Waals surface area contributed by atoms with Gasteiger partial charge >= 0.3 is 0 Å². The zero-order chi connectivity index (χ0) is 12.6. The standard InChI is InChI=1S/C17H28/c1-10-11-8-12-14(4)9-15(5,16(10,12)6)13(2,3)17(11,14)7/h10-12H,8-9H2,1-7H3. The molecule has 0 heteroatoms. The summed E-state index contributed by atoms with van der Waals surface area (Å²) in [5.41, 5.74) is 2.94. The highest BCUT2D eigenvalue weighted by Gasteiger charge is 2.91. The minimum atomic E-state index is 0.522. The Morgan fingerprint density at radius 3 is 2.12 bits per heavy atom. The average Bonchev–Trinajstić information content (AvgIpc) is 2.70. The fraction of sp³-hybridized carbons (Fsp3) is 1.00. The summed E-state index contributed by atoms with van der Waals surface area (Å²) in [5.74, 6) is 2.96. The Balaban J connectivity index is 2.11. The van der Waals surface area contributed by atoms with Crippen molar-refractivity contribution < 1.29 is 0 Å². The largest absolute Gasteiger partial charge is 0.0617 e. The van der Waals surface area contributed by atoms with Crippen LogP contribution in [0.2, 0.25) is 0 Å². The van der Waals surface area contributed by atoms with Crippen molar-refractivity contribution in [1.29, 1.82) is 0 Å². The lowest BCUT2D eigenvalue weighted by atomic mass is 9.35. The molecular weight excluding hydrogens is 204 g/mol. The highest BCUT2D eigenvalue weighted by atomic mass is 14.9. The van der Waals surface area contributed by atoms with Crippen LogP contribution in [-0.2, 0) is 0 Å². The van der Waals surface area contributed by atoms with Crippen molar-refractivity contribution in [3.63, 3.8) is 0 Å². The molecule has 4 bridgehead atoms. The molecule has 4 saturated carbocycles. The van der Waals surface area contributed by atoms with Gasteiger partial charge in [-0.3, -0.25) is 0 Å². The van der Waals surface area contributed by atoms with E-state index >= 15 is 0 Å². The first-order chi connectivity index (χ1) is 7.59. The van der Waals surface area contributed by atoms with Crippen molar-refractivity contribution in [2.45, 2.75) is 61.3 Å². The van der Waals surface area contributed by atoms with Crippen LogP contribution >= 0.6 is 0 Å². The molecule has 0 heterocycles. The molecule has 0 saturated heterocycles. The molecular formula is C17H28. The van der Waals surface area contributed by atoms with Gasteiger partial charge in [0.25, 0.3) is 0 Å². The molecule has 4 fully saturated rings. The second-order valence-corrected chi connectivity index (χ2v) is 9.22. The predicted molar refractivity (Wildman–Crippen MR) is 71.6 cm³/mol. The van der Waals surface area contributed by atoms with Crippen LogP contribution in [0.4, 0.5) is 0 Å². The quantitative estimate of drug-likeness (QED) is 0.566. The van der Waals surface area contributed by atoms with Gasteiger partial charge in [-0.15, -0.1) is 0 Å². The second-order valence-electron chi connectivity index (χ2n) is 9.22. The first-order valence-corrected chi connectivity index (χ1v) is 7.59. The van der Waals surface area contributed by atoms with Gasteiger partial charge in [-0.1, -0.05) is 48.5 Å². The molecule has 4 aliphatic carbocycles. The Kier molecular flexibility index (Phi) is 1.37. The highest BCUT2D eigenvalue weighted by molar-refractivity contribution is 5.38. The minimum Gasteiger partial charge on any atom is -0.0617 e. The topological polar surface area (TPSA) is 0 Å². The monoisotopic (exact) mass is 232 g/mol. The van der Waals surface area contributed by atoms with Crippen LogP contribution in [0.1, 0.15) is 61.3 Å². The van der Waals surface area contributed by atoms with Crippen LogP contribution in [0.5, 0.6) is 0 Å². The molecule has 0 spiro atoms. The number of rotatable bonds is 0. The highest BCUT2D eigenvalue weighted by Crippen LogP contribution is 2.97. The Hall–Kier alpha value is 0. The van der Waals surface area contributed by atoms with E-state index in [2.05, 4.69) is 48.5 Å². The van der Waals surface area contributed by atoms with E-state index in [4.69, 9.17) is 0 Å². The first kappa shape index (κ1) is 10.9. The van der Waals surface area contributed by atoms with E-state index in [1.54, 1.807) is 0 Å². The second kappa shape index (κ2) is 2.14. The normalized spacial score (nSPS) is 73.9. The van der Waals surface area contributed by atoms with E-state index in [1.807, 2.05) is 0 Å². The molecule has 0 radical (unpaired) electrons. The Labute approximate surface area is 107 Å². The van der Waals surface area contributed by atoms with E-state index < -0.39 is 0 Å². The maximum Gasteiger partial charge on any atom is -0.0181 e. The summed E-state index contributed by atoms with van der Waals surface area (Å²) in [6, 6.07) is 0. The Bertz CT molecular complexity index is 429. The van der Waals surface area contributed by atoms with Gasteiger partial charge in [-0.25, -0.2) is 0 Å². The van der Waals surface area contributed by atoms with Gasteiger partial charge in [-0.2, -0.15) is 0 Å². The molecule has 4 aliphatic rings. The molecule has 0 nitrogen and oxygen atoms in total. The molecule has 7 atom stereocenters. The number of hydrogen-bond donors (Lipinski definition) is 0. The van der Waals surface area contributed by atoms with Crippen LogP contribution in [0.15, 0.2) is 0 Å².